The Hall–Kier alpha value is -2.51. The van der Waals surface area contributed by atoms with Gasteiger partial charge in [-0.3, -0.25) is 4.79 Å². The lowest BCUT2D eigenvalue weighted by Crippen LogP contribution is -2.14. The number of carbonyl (C=O) groups is 1. The van der Waals surface area contributed by atoms with Gasteiger partial charge in [-0.25, -0.2) is 0 Å². The van der Waals surface area contributed by atoms with E-state index in [2.05, 4.69) is 15.5 Å². The molecule has 6 nitrogen and oxygen atoms in total. The van der Waals surface area contributed by atoms with Crippen molar-refractivity contribution in [2.45, 2.75) is 18.6 Å². The zero-order valence-electron chi connectivity index (χ0n) is 14.1. The summed E-state index contributed by atoms with van der Waals surface area (Å²) in [6.45, 7) is 2.72. The van der Waals surface area contributed by atoms with Crippen molar-refractivity contribution in [2.75, 3.05) is 16.8 Å². The number of nitrogens with one attached hydrogen (secondary N) is 1. The number of hydrogen-bond donors (Lipinski definition) is 2. The summed E-state index contributed by atoms with van der Waals surface area (Å²) in [5.74, 6) is 0.882. The number of benzene rings is 2. The summed E-state index contributed by atoms with van der Waals surface area (Å²) < 4.78 is 1.98. The Morgan fingerprint density at radius 3 is 2.50 bits per heavy atom. The van der Waals surface area contributed by atoms with E-state index in [4.69, 9.17) is 17.3 Å². The summed E-state index contributed by atoms with van der Waals surface area (Å²) in [4.78, 5) is 12.1. The molecule has 0 fully saturated rings. The number of nitrogen functional groups attached to an aromatic ring is 1. The summed E-state index contributed by atoms with van der Waals surface area (Å²) in [5.41, 5.74) is 7.94. The van der Waals surface area contributed by atoms with Crippen LogP contribution in [-0.2, 0) is 11.3 Å². The molecule has 1 aromatic heterocycles. The lowest BCUT2D eigenvalue weighted by Gasteiger charge is -2.08. The molecule has 0 aliphatic heterocycles. The fourth-order valence-corrected chi connectivity index (χ4v) is 3.31. The van der Waals surface area contributed by atoms with Gasteiger partial charge in [0.05, 0.1) is 5.75 Å². The van der Waals surface area contributed by atoms with Crippen molar-refractivity contribution in [3.8, 4) is 11.4 Å². The monoisotopic (exact) mass is 387 g/mol. The van der Waals surface area contributed by atoms with Gasteiger partial charge in [-0.1, -0.05) is 23.4 Å². The number of nitrogens with zero attached hydrogens (tertiary/aromatic N) is 3. The van der Waals surface area contributed by atoms with E-state index in [1.165, 1.54) is 11.8 Å². The zero-order chi connectivity index (χ0) is 18.5. The average molecular weight is 388 g/mol. The topological polar surface area (TPSA) is 85.8 Å². The minimum absolute atomic E-state index is 0.113. The van der Waals surface area contributed by atoms with Crippen LogP contribution in [0.25, 0.3) is 11.4 Å². The predicted octanol–water partition coefficient (Wildman–Crippen LogP) is 3.93. The van der Waals surface area contributed by atoms with E-state index in [0.29, 0.717) is 28.1 Å². The van der Waals surface area contributed by atoms with Crippen LogP contribution in [0, 0.1) is 0 Å². The van der Waals surface area contributed by atoms with Gasteiger partial charge in [-0.2, -0.15) is 0 Å². The Morgan fingerprint density at radius 2 is 1.85 bits per heavy atom. The number of rotatable bonds is 6. The van der Waals surface area contributed by atoms with E-state index in [1.54, 1.807) is 24.3 Å². The maximum Gasteiger partial charge on any atom is 0.234 e. The van der Waals surface area contributed by atoms with Crippen LogP contribution in [0.15, 0.2) is 53.7 Å². The third kappa shape index (κ3) is 4.36. The van der Waals surface area contributed by atoms with Gasteiger partial charge in [0.15, 0.2) is 11.0 Å². The van der Waals surface area contributed by atoms with E-state index in [0.717, 1.165) is 11.4 Å². The lowest BCUT2D eigenvalue weighted by molar-refractivity contribution is -0.113. The Kier molecular flexibility index (Phi) is 5.80. The number of thioether (sulfide) groups is 1. The predicted molar refractivity (Wildman–Crippen MR) is 106 cm³/mol. The molecule has 2 aromatic carbocycles. The fourth-order valence-electron chi connectivity index (χ4n) is 2.39. The molecule has 0 bridgehead atoms. The molecule has 3 N–H and O–H groups in total. The van der Waals surface area contributed by atoms with Crippen LogP contribution in [0.3, 0.4) is 0 Å². The van der Waals surface area contributed by atoms with E-state index in [-0.39, 0.29) is 11.7 Å². The van der Waals surface area contributed by atoms with E-state index in [9.17, 15) is 4.79 Å². The second-order valence-corrected chi connectivity index (χ2v) is 6.90. The molecular formula is C18H18ClN5OS. The maximum atomic E-state index is 12.1. The second-order valence-electron chi connectivity index (χ2n) is 5.52. The first kappa shape index (κ1) is 18.3. The van der Waals surface area contributed by atoms with E-state index >= 15 is 0 Å². The first-order valence-corrected chi connectivity index (χ1v) is 9.40. The molecule has 1 amide bonds. The molecule has 0 saturated carbocycles. The Bertz CT molecular complexity index is 893. The third-order valence-corrected chi connectivity index (χ3v) is 4.88. The van der Waals surface area contributed by atoms with Crippen LogP contribution >= 0.6 is 23.4 Å². The molecule has 0 radical (unpaired) electrons. The normalized spacial score (nSPS) is 10.7. The Morgan fingerprint density at radius 1 is 1.15 bits per heavy atom. The van der Waals surface area contributed by atoms with Crippen LogP contribution < -0.4 is 11.1 Å². The molecule has 134 valence electrons. The smallest absolute Gasteiger partial charge is 0.234 e. The molecule has 1 heterocycles. The Labute approximate surface area is 160 Å². The number of aromatic nitrogens is 3. The van der Waals surface area contributed by atoms with Gasteiger partial charge in [-0.15, -0.1) is 10.2 Å². The van der Waals surface area contributed by atoms with Gasteiger partial charge in [0.25, 0.3) is 0 Å². The molecule has 0 spiro atoms. The lowest BCUT2D eigenvalue weighted by atomic mass is 10.2. The average Bonchev–Trinajstić information content (AvgIpc) is 3.05. The van der Waals surface area contributed by atoms with E-state index < -0.39 is 0 Å². The number of anilines is 2. The van der Waals surface area contributed by atoms with Crippen LogP contribution in [0.2, 0.25) is 5.02 Å². The van der Waals surface area contributed by atoms with Crippen LogP contribution in [0.1, 0.15) is 6.92 Å². The second kappa shape index (κ2) is 8.25. The molecule has 0 aliphatic rings. The number of halogens is 1. The van der Waals surface area contributed by atoms with E-state index in [1.807, 2.05) is 35.8 Å². The van der Waals surface area contributed by atoms with Crippen LogP contribution in [-0.4, -0.2) is 26.4 Å². The van der Waals surface area contributed by atoms with Gasteiger partial charge in [0.2, 0.25) is 5.91 Å². The molecule has 0 atom stereocenters. The van der Waals surface area contributed by atoms with Gasteiger partial charge in [0, 0.05) is 28.5 Å². The van der Waals surface area contributed by atoms with Gasteiger partial charge < -0.3 is 15.6 Å². The van der Waals surface area contributed by atoms with Crippen molar-refractivity contribution in [1.29, 1.82) is 0 Å². The summed E-state index contributed by atoms with van der Waals surface area (Å²) in [7, 11) is 0. The molecule has 0 aliphatic carbocycles. The summed E-state index contributed by atoms with van der Waals surface area (Å²) in [6.07, 6.45) is 0. The van der Waals surface area contributed by atoms with Crippen LogP contribution in [0.4, 0.5) is 11.4 Å². The van der Waals surface area contributed by atoms with Gasteiger partial charge in [-0.05, 0) is 55.5 Å². The quantitative estimate of drug-likeness (QED) is 0.494. The minimum atomic E-state index is -0.113. The highest BCUT2D eigenvalue weighted by molar-refractivity contribution is 7.99. The van der Waals surface area contributed by atoms with Crippen molar-refractivity contribution in [1.82, 2.24) is 14.8 Å². The largest absolute Gasteiger partial charge is 0.399 e. The summed E-state index contributed by atoms with van der Waals surface area (Å²) in [6, 6.07) is 14.5. The number of nitrogens with two attached hydrogens (primary N) is 1. The molecule has 0 unspecified atom stereocenters. The SMILES string of the molecule is CCn1c(SCC(=O)Nc2ccc(N)cc2)nnc1-c1ccc(Cl)cc1. The number of amides is 1. The highest BCUT2D eigenvalue weighted by Crippen LogP contribution is 2.25. The van der Waals surface area contributed by atoms with Crippen LogP contribution in [0.5, 0.6) is 0 Å². The molecule has 8 heteroatoms. The van der Waals surface area contributed by atoms with Crippen molar-refractivity contribution in [2.24, 2.45) is 0 Å². The molecular weight excluding hydrogens is 370 g/mol. The number of hydrogen-bond acceptors (Lipinski definition) is 5. The highest BCUT2D eigenvalue weighted by atomic mass is 35.5. The summed E-state index contributed by atoms with van der Waals surface area (Å²) in [5, 5.41) is 12.7. The highest BCUT2D eigenvalue weighted by Gasteiger charge is 2.14. The first-order valence-electron chi connectivity index (χ1n) is 8.04. The van der Waals surface area contributed by atoms with Crippen molar-refractivity contribution >= 4 is 40.6 Å². The first-order chi connectivity index (χ1) is 12.6. The zero-order valence-corrected chi connectivity index (χ0v) is 15.7. The molecule has 3 aromatic rings. The summed E-state index contributed by atoms with van der Waals surface area (Å²) >= 11 is 7.29. The van der Waals surface area contributed by atoms with Crippen molar-refractivity contribution in [3.05, 3.63) is 53.6 Å². The van der Waals surface area contributed by atoms with Crippen molar-refractivity contribution < 1.29 is 4.79 Å². The minimum Gasteiger partial charge on any atom is -0.399 e. The van der Waals surface area contributed by atoms with Gasteiger partial charge >= 0.3 is 0 Å². The maximum absolute atomic E-state index is 12.1. The fraction of sp³-hybridized carbons (Fsp3) is 0.167. The third-order valence-electron chi connectivity index (χ3n) is 3.66. The Balaban J connectivity index is 1.67. The molecule has 3 rings (SSSR count). The molecule has 0 saturated heterocycles. The standard InChI is InChI=1S/C18H18ClN5OS/c1-2-24-17(12-3-5-13(19)6-4-12)22-23-18(24)26-11-16(25)21-15-9-7-14(20)8-10-15/h3-10H,2,11,20H2,1H3,(H,21,25). The van der Waals surface area contributed by atoms with Crippen molar-refractivity contribution in [3.63, 3.8) is 0 Å². The molecule has 26 heavy (non-hydrogen) atoms. The van der Waals surface area contributed by atoms with Gasteiger partial charge in [0.1, 0.15) is 0 Å². The number of carbonyl (C=O) groups excluding carboxylic acids is 1.